The van der Waals surface area contributed by atoms with E-state index in [-0.39, 0.29) is 12.4 Å². The van der Waals surface area contributed by atoms with Crippen LogP contribution in [0.1, 0.15) is 75.6 Å². The molecule has 2 aromatic rings. The number of fused-ring (bicyclic) bond motifs is 3. The highest BCUT2D eigenvalue weighted by atomic mass is 35.5. The Hall–Kier alpha value is -3.39. The second kappa shape index (κ2) is 14.2. The molecule has 0 amide bonds. The number of guanidine groups is 2. The van der Waals surface area contributed by atoms with Crippen LogP contribution in [0.2, 0.25) is 0 Å². The topological polar surface area (TPSA) is 126 Å². The maximum atomic E-state index is 5.95. The molecule has 0 atom stereocenters. The van der Waals surface area contributed by atoms with E-state index >= 15 is 0 Å². The lowest BCUT2D eigenvalue weighted by atomic mass is 9.99. The number of nitrogens with two attached hydrogens (primary N) is 2. The Balaban J connectivity index is 0.00000456. The van der Waals surface area contributed by atoms with Crippen molar-refractivity contribution in [2.45, 2.75) is 59.8 Å². The van der Waals surface area contributed by atoms with E-state index in [1.165, 1.54) is 22.3 Å². The molecule has 0 fully saturated rings. The molecule has 9 heteroatoms. The molecular formula is C27H39ClN8. The number of halogens is 1. The Bertz CT molecular complexity index is 1060. The Morgan fingerprint density at radius 3 is 1.56 bits per heavy atom. The van der Waals surface area contributed by atoms with Crippen molar-refractivity contribution < 1.29 is 0 Å². The van der Waals surface area contributed by atoms with Gasteiger partial charge in [0.15, 0.2) is 0 Å². The maximum Gasteiger partial charge on any atom is 0.209 e. The van der Waals surface area contributed by atoms with Gasteiger partial charge in [-0.25, -0.2) is 10.9 Å². The van der Waals surface area contributed by atoms with Crippen molar-refractivity contribution in [3.8, 4) is 11.1 Å². The molecule has 194 valence electrons. The molecule has 8 nitrogen and oxygen atoms in total. The van der Waals surface area contributed by atoms with E-state index in [2.05, 4.69) is 81.3 Å². The molecule has 1 aliphatic rings. The van der Waals surface area contributed by atoms with Gasteiger partial charge in [-0.3, -0.25) is 9.98 Å². The maximum absolute atomic E-state index is 5.95. The molecule has 0 unspecified atom stereocenters. The molecule has 0 bridgehead atoms. The average Bonchev–Trinajstić information content (AvgIpc) is 3.25. The summed E-state index contributed by atoms with van der Waals surface area (Å²) < 4.78 is 0. The second-order valence-electron chi connectivity index (χ2n) is 8.70. The monoisotopic (exact) mass is 510 g/mol. The molecule has 0 saturated carbocycles. The molecule has 2 aromatic carbocycles. The van der Waals surface area contributed by atoms with Crippen molar-refractivity contribution in [2.24, 2.45) is 31.7 Å². The van der Waals surface area contributed by atoms with Gasteiger partial charge in [0.1, 0.15) is 0 Å². The fraction of sp³-hybridized carbons (Fsp3) is 0.407. The summed E-state index contributed by atoms with van der Waals surface area (Å²) in [6, 6.07) is 12.7. The van der Waals surface area contributed by atoms with Crippen LogP contribution < -0.4 is 22.3 Å². The van der Waals surface area contributed by atoms with E-state index in [1.54, 1.807) is 0 Å². The lowest BCUT2D eigenvalue weighted by molar-refractivity contribution is 0.799. The highest BCUT2D eigenvalue weighted by molar-refractivity contribution is 6.06. The third kappa shape index (κ3) is 7.31. The predicted molar refractivity (Wildman–Crippen MR) is 155 cm³/mol. The van der Waals surface area contributed by atoms with E-state index in [4.69, 9.17) is 11.5 Å². The zero-order valence-corrected chi connectivity index (χ0v) is 22.6. The summed E-state index contributed by atoms with van der Waals surface area (Å²) in [6.07, 6.45) is 4.98. The van der Waals surface area contributed by atoms with Gasteiger partial charge in [-0.05, 0) is 55.4 Å². The first-order valence-electron chi connectivity index (χ1n) is 12.4. The number of nitrogens with one attached hydrogen (secondary N) is 2. The summed E-state index contributed by atoms with van der Waals surface area (Å²) in [7, 11) is 0. The first-order valence-corrected chi connectivity index (χ1v) is 12.4. The van der Waals surface area contributed by atoms with Gasteiger partial charge in [-0.2, -0.15) is 10.2 Å². The third-order valence-electron chi connectivity index (χ3n) is 6.04. The molecule has 1 aliphatic carbocycles. The van der Waals surface area contributed by atoms with Crippen LogP contribution in [-0.2, 0) is 6.42 Å². The van der Waals surface area contributed by atoms with Crippen LogP contribution in [0.5, 0.6) is 0 Å². The summed E-state index contributed by atoms with van der Waals surface area (Å²) >= 11 is 0. The van der Waals surface area contributed by atoms with Crippen LogP contribution in [0.25, 0.3) is 11.1 Å². The van der Waals surface area contributed by atoms with E-state index in [1.807, 2.05) is 13.8 Å². The molecular weight excluding hydrogens is 472 g/mol. The average molecular weight is 511 g/mol. The number of aliphatic imine (C=N–C) groups is 2. The number of unbranched alkanes of at least 4 members (excludes halogenated alkanes) is 2. The van der Waals surface area contributed by atoms with E-state index in [0.29, 0.717) is 25.0 Å². The zero-order valence-electron chi connectivity index (χ0n) is 21.8. The largest absolute Gasteiger partial charge is 0.369 e. The summed E-state index contributed by atoms with van der Waals surface area (Å²) in [6.45, 7) is 9.64. The zero-order chi connectivity index (χ0) is 25.2. The Morgan fingerprint density at radius 1 is 0.750 bits per heavy atom. The predicted octanol–water partition coefficient (Wildman–Crippen LogP) is 4.54. The highest BCUT2D eigenvalue weighted by Gasteiger charge is 2.24. The molecule has 0 heterocycles. The number of benzene rings is 2. The van der Waals surface area contributed by atoms with E-state index in [0.717, 1.165) is 54.7 Å². The first kappa shape index (κ1) is 28.8. The van der Waals surface area contributed by atoms with Crippen molar-refractivity contribution in [2.75, 3.05) is 13.1 Å². The van der Waals surface area contributed by atoms with Gasteiger partial charge >= 0.3 is 0 Å². The van der Waals surface area contributed by atoms with Gasteiger partial charge in [0.25, 0.3) is 0 Å². The Labute approximate surface area is 220 Å². The standard InChI is InChI=1S/C27H38N8.ClH/c1-5-7-15-30-26(28)34-32-18(3)20-11-9-13-22-23-14-10-12-21(25(23)17-24(20)22)19(4)33-35-27(29)31-16-8-6-2;/h9-14H,5-8,15-17H2,1-4H3,(H3,28,30,34)(H3,29,31,35);1H/b32-18+,33-19+;. The Kier molecular flexibility index (Phi) is 11.4. The van der Waals surface area contributed by atoms with Crippen LogP contribution in [0.4, 0.5) is 0 Å². The van der Waals surface area contributed by atoms with Crippen LogP contribution in [0.3, 0.4) is 0 Å². The normalized spacial score (nSPS) is 13.7. The van der Waals surface area contributed by atoms with Crippen molar-refractivity contribution in [1.82, 2.24) is 10.9 Å². The molecule has 0 radical (unpaired) electrons. The first-order chi connectivity index (χ1) is 17.0. The second-order valence-corrected chi connectivity index (χ2v) is 8.70. The van der Waals surface area contributed by atoms with Crippen LogP contribution in [0.15, 0.2) is 56.6 Å². The minimum atomic E-state index is 0. The molecule has 3 rings (SSSR count). The molecule has 0 aliphatic heterocycles. The number of nitrogens with zero attached hydrogens (tertiary/aromatic N) is 4. The van der Waals surface area contributed by atoms with Gasteiger partial charge < -0.3 is 11.5 Å². The van der Waals surface area contributed by atoms with E-state index < -0.39 is 0 Å². The third-order valence-corrected chi connectivity index (χ3v) is 6.04. The van der Waals surface area contributed by atoms with E-state index in [9.17, 15) is 0 Å². The number of hydrazone groups is 2. The summed E-state index contributed by atoms with van der Waals surface area (Å²) in [5.74, 6) is 0.681. The summed E-state index contributed by atoms with van der Waals surface area (Å²) in [5.41, 5.74) is 26.6. The van der Waals surface area contributed by atoms with Crippen molar-refractivity contribution in [3.05, 3.63) is 58.7 Å². The molecule has 0 saturated heterocycles. The molecule has 0 aromatic heterocycles. The SMILES string of the molecule is CCCCN=C(N)N/N=C(\C)c1cccc2c1Cc1c(/C(C)=N/NC(N)=NCCCC)cccc1-2.Cl. The van der Waals surface area contributed by atoms with Gasteiger partial charge in [0, 0.05) is 24.2 Å². The van der Waals surface area contributed by atoms with Crippen molar-refractivity contribution in [3.63, 3.8) is 0 Å². The lowest BCUT2D eigenvalue weighted by Crippen LogP contribution is -2.28. The molecule has 6 N–H and O–H groups in total. The summed E-state index contributed by atoms with van der Waals surface area (Å²) in [4.78, 5) is 8.61. The highest BCUT2D eigenvalue weighted by Crippen LogP contribution is 2.40. The quantitative estimate of drug-likeness (QED) is 0.138. The summed E-state index contributed by atoms with van der Waals surface area (Å²) in [5, 5.41) is 9.00. The lowest BCUT2D eigenvalue weighted by Gasteiger charge is -2.09. The molecule has 0 spiro atoms. The fourth-order valence-electron chi connectivity index (χ4n) is 4.10. The number of rotatable bonds is 10. The van der Waals surface area contributed by atoms with Gasteiger partial charge in [0.2, 0.25) is 11.9 Å². The van der Waals surface area contributed by atoms with Crippen molar-refractivity contribution in [1.29, 1.82) is 0 Å². The van der Waals surface area contributed by atoms with Crippen LogP contribution >= 0.6 is 12.4 Å². The molecule has 36 heavy (non-hydrogen) atoms. The van der Waals surface area contributed by atoms with Crippen molar-refractivity contribution >= 4 is 35.7 Å². The van der Waals surface area contributed by atoms with Gasteiger partial charge in [0.05, 0.1) is 11.4 Å². The van der Waals surface area contributed by atoms with Gasteiger partial charge in [-0.15, -0.1) is 12.4 Å². The minimum Gasteiger partial charge on any atom is -0.369 e. The van der Waals surface area contributed by atoms with Gasteiger partial charge in [-0.1, -0.05) is 63.1 Å². The van der Waals surface area contributed by atoms with Crippen LogP contribution in [0, 0.1) is 0 Å². The fourth-order valence-corrected chi connectivity index (χ4v) is 4.10. The Morgan fingerprint density at radius 2 is 1.17 bits per heavy atom. The number of hydrogen-bond donors (Lipinski definition) is 4. The number of hydrogen-bond acceptors (Lipinski definition) is 4. The smallest absolute Gasteiger partial charge is 0.209 e. The minimum absolute atomic E-state index is 0. The van der Waals surface area contributed by atoms with Crippen LogP contribution in [-0.4, -0.2) is 36.4 Å².